The molecule has 0 nitrogen and oxygen atoms in total. The van der Waals surface area contributed by atoms with E-state index in [0.717, 1.165) is 5.92 Å². The van der Waals surface area contributed by atoms with Crippen LogP contribution in [-0.2, 0) is 0 Å². The molecule has 1 fully saturated rings. The van der Waals surface area contributed by atoms with Crippen LogP contribution in [0.25, 0.3) is 0 Å². The lowest BCUT2D eigenvalue weighted by Crippen LogP contribution is -1.91. The summed E-state index contributed by atoms with van der Waals surface area (Å²) in [4.78, 5) is 2.78. The highest BCUT2D eigenvalue weighted by atomic mass is 35.5. The average molecular weight is 215 g/mol. The minimum atomic E-state index is 0.262. The first kappa shape index (κ1) is 9.54. The summed E-state index contributed by atoms with van der Waals surface area (Å²) in [6.45, 7) is 4.33. The Hall–Kier alpha value is -0.0100. The van der Waals surface area contributed by atoms with Gasteiger partial charge in [-0.1, -0.05) is 12.8 Å². The molecular formula is C11H15ClS. The Morgan fingerprint density at radius 1 is 1.54 bits per heavy atom. The average Bonchev–Trinajstić information content (AvgIpc) is 2.77. The van der Waals surface area contributed by atoms with E-state index in [9.17, 15) is 0 Å². The summed E-state index contributed by atoms with van der Waals surface area (Å²) in [6, 6.07) is 2.25. The molecule has 1 saturated carbocycles. The van der Waals surface area contributed by atoms with E-state index in [2.05, 4.69) is 19.9 Å². The molecule has 1 heterocycles. The molecule has 13 heavy (non-hydrogen) atoms. The summed E-state index contributed by atoms with van der Waals surface area (Å²) in [5.41, 5.74) is 1.37. The van der Waals surface area contributed by atoms with Crippen LogP contribution in [-0.4, -0.2) is 0 Å². The summed E-state index contributed by atoms with van der Waals surface area (Å²) >= 11 is 8.23. The van der Waals surface area contributed by atoms with Crippen molar-refractivity contribution in [2.24, 2.45) is 5.92 Å². The van der Waals surface area contributed by atoms with Gasteiger partial charge >= 0.3 is 0 Å². The molecule has 0 saturated heterocycles. The van der Waals surface area contributed by atoms with Gasteiger partial charge in [-0.3, -0.25) is 0 Å². The number of halogens is 1. The maximum Gasteiger partial charge on any atom is 0.0598 e. The fourth-order valence-electron chi connectivity index (χ4n) is 1.73. The van der Waals surface area contributed by atoms with Crippen molar-refractivity contribution in [3.05, 3.63) is 21.4 Å². The second kappa shape index (κ2) is 3.62. The van der Waals surface area contributed by atoms with E-state index >= 15 is 0 Å². The molecular weight excluding hydrogens is 200 g/mol. The second-order valence-corrected chi connectivity index (χ2v) is 6.00. The van der Waals surface area contributed by atoms with Crippen LogP contribution in [0, 0.1) is 19.8 Å². The molecule has 1 aromatic rings. The second-order valence-electron chi connectivity index (χ2n) is 4.02. The molecule has 0 N–H and O–H groups in total. The van der Waals surface area contributed by atoms with Gasteiger partial charge in [0, 0.05) is 9.75 Å². The van der Waals surface area contributed by atoms with Gasteiger partial charge in [0.2, 0.25) is 0 Å². The Morgan fingerprint density at radius 3 is 2.69 bits per heavy atom. The maximum absolute atomic E-state index is 6.37. The van der Waals surface area contributed by atoms with Crippen LogP contribution in [0.1, 0.15) is 40.0 Å². The van der Waals surface area contributed by atoms with Gasteiger partial charge in [0.15, 0.2) is 0 Å². The number of hydrogen-bond acceptors (Lipinski definition) is 1. The highest BCUT2D eigenvalue weighted by molar-refractivity contribution is 7.12. The van der Waals surface area contributed by atoms with Crippen molar-refractivity contribution in [3.8, 4) is 0 Å². The van der Waals surface area contributed by atoms with Gasteiger partial charge in [-0.2, -0.15) is 0 Å². The first-order chi connectivity index (χ1) is 6.16. The molecule has 0 aromatic carbocycles. The third-order valence-corrected chi connectivity index (χ3v) is 4.05. The van der Waals surface area contributed by atoms with Crippen LogP contribution in [0.2, 0.25) is 0 Å². The molecule has 1 unspecified atom stereocenters. The molecule has 1 aliphatic rings. The van der Waals surface area contributed by atoms with Crippen molar-refractivity contribution in [3.63, 3.8) is 0 Å². The topological polar surface area (TPSA) is 0 Å². The van der Waals surface area contributed by atoms with Crippen molar-refractivity contribution in [1.29, 1.82) is 0 Å². The first-order valence-corrected chi connectivity index (χ1v) is 6.13. The largest absolute Gasteiger partial charge is 0.146 e. The van der Waals surface area contributed by atoms with Crippen LogP contribution < -0.4 is 0 Å². The first-order valence-electron chi connectivity index (χ1n) is 4.88. The van der Waals surface area contributed by atoms with Crippen LogP contribution in [0.3, 0.4) is 0 Å². The van der Waals surface area contributed by atoms with E-state index in [4.69, 9.17) is 11.6 Å². The van der Waals surface area contributed by atoms with Gasteiger partial charge in [0.25, 0.3) is 0 Å². The Kier molecular flexibility index (Phi) is 2.66. The van der Waals surface area contributed by atoms with Gasteiger partial charge in [-0.25, -0.2) is 0 Å². The zero-order valence-corrected chi connectivity index (χ0v) is 9.71. The molecule has 0 radical (unpaired) electrons. The lowest BCUT2D eigenvalue weighted by atomic mass is 10.1. The van der Waals surface area contributed by atoms with E-state index in [0.29, 0.717) is 0 Å². The minimum Gasteiger partial charge on any atom is -0.146 e. The fraction of sp³-hybridized carbons (Fsp3) is 0.636. The predicted octanol–water partition coefficient (Wildman–Crippen LogP) is 4.44. The van der Waals surface area contributed by atoms with E-state index in [1.165, 1.54) is 34.6 Å². The summed E-state index contributed by atoms with van der Waals surface area (Å²) in [6.07, 6.45) is 3.97. The molecule has 2 heteroatoms. The predicted molar refractivity (Wildman–Crippen MR) is 59.7 cm³/mol. The summed E-state index contributed by atoms with van der Waals surface area (Å²) in [5, 5.41) is 0.262. The van der Waals surface area contributed by atoms with Gasteiger partial charge in [0.1, 0.15) is 0 Å². The van der Waals surface area contributed by atoms with E-state index < -0.39 is 0 Å². The van der Waals surface area contributed by atoms with E-state index in [-0.39, 0.29) is 5.38 Å². The van der Waals surface area contributed by atoms with Crippen molar-refractivity contribution in [2.75, 3.05) is 0 Å². The Labute approximate surface area is 88.9 Å². The maximum atomic E-state index is 6.37. The van der Waals surface area contributed by atoms with Crippen molar-refractivity contribution in [2.45, 2.75) is 38.5 Å². The zero-order chi connectivity index (χ0) is 9.42. The lowest BCUT2D eigenvalue weighted by Gasteiger charge is -2.07. The molecule has 2 rings (SSSR count). The van der Waals surface area contributed by atoms with Crippen LogP contribution >= 0.6 is 22.9 Å². The van der Waals surface area contributed by atoms with Gasteiger partial charge in [0.05, 0.1) is 5.38 Å². The lowest BCUT2D eigenvalue weighted by molar-refractivity contribution is 0.706. The molecule has 0 bridgehead atoms. The van der Waals surface area contributed by atoms with Crippen molar-refractivity contribution in [1.82, 2.24) is 0 Å². The van der Waals surface area contributed by atoms with Crippen molar-refractivity contribution < 1.29 is 0 Å². The van der Waals surface area contributed by atoms with Crippen molar-refractivity contribution >= 4 is 22.9 Å². The summed E-state index contributed by atoms with van der Waals surface area (Å²) in [5.74, 6) is 0.919. The van der Waals surface area contributed by atoms with Crippen LogP contribution in [0.15, 0.2) is 6.07 Å². The molecule has 0 spiro atoms. The Balaban J connectivity index is 2.08. The standard InChI is InChI=1S/C11H15ClS/c1-7-5-10(8(2)13-7)11(12)6-9-3-4-9/h5,9,11H,3-4,6H2,1-2H3. The zero-order valence-electron chi connectivity index (χ0n) is 8.14. The fourth-order valence-corrected chi connectivity index (χ4v) is 3.27. The molecule has 1 aliphatic carbocycles. The smallest absolute Gasteiger partial charge is 0.0598 e. The number of alkyl halides is 1. The van der Waals surface area contributed by atoms with E-state index in [1.807, 2.05) is 11.3 Å². The molecule has 1 atom stereocenters. The summed E-state index contributed by atoms with van der Waals surface area (Å²) < 4.78 is 0. The molecule has 0 amide bonds. The molecule has 0 aliphatic heterocycles. The Morgan fingerprint density at radius 2 is 2.23 bits per heavy atom. The molecule has 1 aromatic heterocycles. The van der Waals surface area contributed by atoms with Gasteiger partial charge in [-0.15, -0.1) is 22.9 Å². The van der Waals surface area contributed by atoms with E-state index in [1.54, 1.807) is 0 Å². The van der Waals surface area contributed by atoms with Gasteiger partial charge in [-0.05, 0) is 37.8 Å². The number of aryl methyl sites for hydroxylation is 2. The number of rotatable bonds is 3. The van der Waals surface area contributed by atoms with Crippen LogP contribution in [0.5, 0.6) is 0 Å². The quantitative estimate of drug-likeness (QED) is 0.653. The third kappa shape index (κ3) is 2.26. The minimum absolute atomic E-state index is 0.262. The molecule has 72 valence electrons. The third-order valence-electron chi connectivity index (χ3n) is 2.65. The highest BCUT2D eigenvalue weighted by Gasteiger charge is 2.26. The number of thiophene rings is 1. The normalized spacial score (nSPS) is 19.0. The van der Waals surface area contributed by atoms with Crippen LogP contribution in [0.4, 0.5) is 0 Å². The summed E-state index contributed by atoms with van der Waals surface area (Å²) in [7, 11) is 0. The Bertz CT molecular complexity index is 299. The number of hydrogen-bond donors (Lipinski definition) is 0. The monoisotopic (exact) mass is 214 g/mol. The highest BCUT2D eigenvalue weighted by Crippen LogP contribution is 2.42. The van der Waals surface area contributed by atoms with Gasteiger partial charge < -0.3 is 0 Å². The SMILES string of the molecule is Cc1cc(C(Cl)CC2CC2)c(C)s1.